The van der Waals surface area contributed by atoms with Crippen molar-refractivity contribution in [1.29, 1.82) is 0 Å². The highest BCUT2D eigenvalue weighted by Gasteiger charge is 2.16. The van der Waals surface area contributed by atoms with Crippen LogP contribution in [0.2, 0.25) is 0 Å². The fourth-order valence-corrected chi connectivity index (χ4v) is 3.89. The summed E-state index contributed by atoms with van der Waals surface area (Å²) in [6.45, 7) is 1.93. The number of fused-ring (bicyclic) bond motifs is 1. The van der Waals surface area contributed by atoms with Gasteiger partial charge < -0.3 is 0 Å². The number of rotatable bonds is 3. The lowest BCUT2D eigenvalue weighted by Gasteiger charge is -2.03. The topological polar surface area (TPSA) is 47.2 Å². The molecule has 0 N–H and O–H groups in total. The number of thiophene rings is 1. The lowest BCUT2D eigenvalue weighted by Crippen LogP contribution is -2.17. The first-order chi connectivity index (χ1) is 13.1. The lowest BCUT2D eigenvalue weighted by molar-refractivity contribution is 0.579. The molecule has 0 fully saturated rings. The summed E-state index contributed by atoms with van der Waals surface area (Å²) in [6.07, 6.45) is 2.24. The molecule has 0 spiro atoms. The fraction of sp³-hybridized carbons (Fsp3) is 0.0500. The van der Waals surface area contributed by atoms with Gasteiger partial charge in [0.15, 0.2) is 0 Å². The van der Waals surface area contributed by atoms with E-state index in [-0.39, 0.29) is 5.56 Å². The van der Waals surface area contributed by atoms with Crippen LogP contribution in [0.4, 0.5) is 8.78 Å². The first kappa shape index (κ1) is 17.2. The van der Waals surface area contributed by atoms with Crippen LogP contribution < -0.4 is 5.56 Å². The number of hydrogen-bond acceptors (Lipinski definition) is 4. The molecular formula is C20H13F2N3OS. The molecule has 0 saturated carbocycles. The van der Waals surface area contributed by atoms with Gasteiger partial charge in [-0.1, -0.05) is 36.4 Å². The number of hydrogen-bond donors (Lipinski definition) is 0. The van der Waals surface area contributed by atoms with Crippen molar-refractivity contribution in [3.05, 3.63) is 87.3 Å². The highest BCUT2D eigenvalue weighted by atomic mass is 32.1. The molecule has 4 aromatic rings. The lowest BCUT2D eigenvalue weighted by atomic mass is 10.0. The van der Waals surface area contributed by atoms with Crippen LogP contribution in [0.3, 0.4) is 0 Å². The predicted octanol–water partition coefficient (Wildman–Crippen LogP) is 4.59. The molecule has 2 aromatic carbocycles. The zero-order valence-electron chi connectivity index (χ0n) is 14.2. The molecule has 0 radical (unpaired) electrons. The van der Waals surface area contributed by atoms with Gasteiger partial charge in [-0.2, -0.15) is 9.78 Å². The number of benzene rings is 2. The Balaban J connectivity index is 1.88. The van der Waals surface area contributed by atoms with Crippen molar-refractivity contribution < 1.29 is 8.78 Å². The average molecular weight is 381 g/mol. The SMILES string of the molecule is Cc1sc2ncn(/N=C\c3c(F)cccc3F)c(=O)c2c1-c1ccccc1. The van der Waals surface area contributed by atoms with E-state index in [1.165, 1.54) is 23.7 Å². The third kappa shape index (κ3) is 3.06. The molecule has 0 atom stereocenters. The molecule has 0 saturated heterocycles. The molecule has 2 aromatic heterocycles. The predicted molar refractivity (Wildman–Crippen MR) is 103 cm³/mol. The third-order valence-corrected chi connectivity index (χ3v) is 5.16. The van der Waals surface area contributed by atoms with Crippen molar-refractivity contribution in [2.75, 3.05) is 0 Å². The molecule has 0 amide bonds. The molecule has 0 unspecified atom stereocenters. The van der Waals surface area contributed by atoms with Crippen molar-refractivity contribution in [2.45, 2.75) is 6.92 Å². The first-order valence-corrected chi connectivity index (χ1v) is 8.92. The molecule has 0 aliphatic carbocycles. The van der Waals surface area contributed by atoms with E-state index in [1.54, 1.807) is 0 Å². The van der Waals surface area contributed by atoms with Crippen LogP contribution in [0.1, 0.15) is 10.4 Å². The van der Waals surface area contributed by atoms with Crippen LogP contribution in [-0.2, 0) is 0 Å². The van der Waals surface area contributed by atoms with Gasteiger partial charge in [-0.05, 0) is 24.6 Å². The molecule has 4 rings (SSSR count). The van der Waals surface area contributed by atoms with Gasteiger partial charge in [-0.15, -0.1) is 11.3 Å². The van der Waals surface area contributed by atoms with Crippen LogP contribution >= 0.6 is 11.3 Å². The van der Waals surface area contributed by atoms with Crippen LogP contribution in [-0.4, -0.2) is 15.9 Å². The van der Waals surface area contributed by atoms with Crippen LogP contribution in [0, 0.1) is 18.6 Å². The molecule has 27 heavy (non-hydrogen) atoms. The maximum atomic E-state index is 13.8. The van der Waals surface area contributed by atoms with E-state index < -0.39 is 17.2 Å². The zero-order valence-corrected chi connectivity index (χ0v) is 15.0. The smallest absolute Gasteiger partial charge is 0.267 e. The fourth-order valence-electron chi connectivity index (χ4n) is 2.88. The summed E-state index contributed by atoms with van der Waals surface area (Å²) >= 11 is 1.42. The van der Waals surface area contributed by atoms with E-state index in [2.05, 4.69) is 10.1 Å². The maximum absolute atomic E-state index is 13.8. The van der Waals surface area contributed by atoms with Crippen molar-refractivity contribution >= 4 is 27.8 Å². The van der Waals surface area contributed by atoms with Crippen LogP contribution in [0.5, 0.6) is 0 Å². The highest BCUT2D eigenvalue weighted by Crippen LogP contribution is 2.35. The van der Waals surface area contributed by atoms with Gasteiger partial charge in [0, 0.05) is 10.4 Å². The summed E-state index contributed by atoms with van der Waals surface area (Å²) in [5.41, 5.74) is 1.00. The molecule has 4 nitrogen and oxygen atoms in total. The molecule has 0 aliphatic rings. The molecule has 134 valence electrons. The van der Waals surface area contributed by atoms with Gasteiger partial charge in [-0.25, -0.2) is 13.8 Å². The van der Waals surface area contributed by atoms with E-state index in [4.69, 9.17) is 0 Å². The number of aryl methyl sites for hydroxylation is 1. The second-order valence-corrected chi connectivity index (χ2v) is 7.06. The van der Waals surface area contributed by atoms with Crippen molar-refractivity contribution in [2.24, 2.45) is 5.10 Å². The Morgan fingerprint density at radius 3 is 2.48 bits per heavy atom. The number of halogens is 2. The molecule has 7 heteroatoms. The van der Waals surface area contributed by atoms with Gasteiger partial charge in [0.05, 0.1) is 17.2 Å². The van der Waals surface area contributed by atoms with Crippen LogP contribution in [0.15, 0.2) is 64.8 Å². The first-order valence-electron chi connectivity index (χ1n) is 8.11. The van der Waals surface area contributed by atoms with E-state index >= 15 is 0 Å². The van der Waals surface area contributed by atoms with Gasteiger partial charge in [-0.3, -0.25) is 4.79 Å². The van der Waals surface area contributed by atoms with E-state index in [0.717, 1.165) is 39.0 Å². The van der Waals surface area contributed by atoms with E-state index in [1.807, 2.05) is 37.3 Å². The van der Waals surface area contributed by atoms with E-state index in [0.29, 0.717) is 10.2 Å². The third-order valence-electron chi connectivity index (χ3n) is 4.15. The minimum absolute atomic E-state index is 0.311. The second-order valence-electron chi connectivity index (χ2n) is 5.85. The second kappa shape index (κ2) is 6.85. The Kier molecular flexibility index (Phi) is 4.37. The number of aromatic nitrogens is 2. The Hall–Kier alpha value is -3.19. The standard InChI is InChI=1S/C20H13F2N3OS/c1-12-17(13-6-3-2-4-7-13)18-19(27-12)23-11-25(20(18)26)24-10-14-15(21)8-5-9-16(14)22/h2-11H,1H3/b24-10-. The number of nitrogens with zero attached hydrogens (tertiary/aromatic N) is 3. The Morgan fingerprint density at radius 1 is 1.07 bits per heavy atom. The summed E-state index contributed by atoms with van der Waals surface area (Å²) < 4.78 is 28.5. The quantitative estimate of drug-likeness (QED) is 0.487. The Labute approximate surface area is 157 Å². The monoisotopic (exact) mass is 381 g/mol. The normalized spacial score (nSPS) is 11.5. The summed E-state index contributed by atoms with van der Waals surface area (Å²) in [5.74, 6) is -1.51. The summed E-state index contributed by atoms with van der Waals surface area (Å²) in [5, 5.41) is 4.38. The highest BCUT2D eigenvalue weighted by molar-refractivity contribution is 7.19. The maximum Gasteiger partial charge on any atom is 0.283 e. The largest absolute Gasteiger partial charge is 0.283 e. The van der Waals surface area contributed by atoms with Gasteiger partial charge in [0.1, 0.15) is 22.8 Å². The summed E-state index contributed by atoms with van der Waals surface area (Å²) in [6, 6.07) is 13.1. The van der Waals surface area contributed by atoms with Gasteiger partial charge in [0.2, 0.25) is 0 Å². The Morgan fingerprint density at radius 2 is 1.78 bits per heavy atom. The van der Waals surface area contributed by atoms with Crippen molar-refractivity contribution in [3.63, 3.8) is 0 Å². The van der Waals surface area contributed by atoms with Crippen molar-refractivity contribution in [3.8, 4) is 11.1 Å². The van der Waals surface area contributed by atoms with Crippen LogP contribution in [0.25, 0.3) is 21.3 Å². The molecule has 0 aliphatic heterocycles. The average Bonchev–Trinajstić information content (AvgIpc) is 3.00. The summed E-state index contributed by atoms with van der Waals surface area (Å²) in [4.78, 5) is 18.8. The Bertz CT molecular complexity index is 1210. The molecule has 2 heterocycles. The van der Waals surface area contributed by atoms with Crippen molar-refractivity contribution in [1.82, 2.24) is 9.66 Å². The van der Waals surface area contributed by atoms with Gasteiger partial charge in [0.25, 0.3) is 5.56 Å². The summed E-state index contributed by atoms with van der Waals surface area (Å²) in [7, 11) is 0. The minimum atomic E-state index is -0.753. The van der Waals surface area contributed by atoms with Gasteiger partial charge >= 0.3 is 0 Å². The molecular weight excluding hydrogens is 368 g/mol. The van der Waals surface area contributed by atoms with E-state index in [9.17, 15) is 13.6 Å². The minimum Gasteiger partial charge on any atom is -0.267 e. The zero-order chi connectivity index (χ0) is 19.0. The molecule has 0 bridgehead atoms.